The van der Waals surface area contributed by atoms with Gasteiger partial charge >= 0.3 is 0 Å². The van der Waals surface area contributed by atoms with Crippen LogP contribution in [-0.2, 0) is 5.41 Å². The Kier molecular flexibility index (Phi) is 2.12. The van der Waals surface area contributed by atoms with Gasteiger partial charge in [-0.15, -0.1) is 11.3 Å². The number of rotatable bonds is 2. The second-order valence-corrected chi connectivity index (χ2v) is 6.16. The molecule has 2 heterocycles. The summed E-state index contributed by atoms with van der Waals surface area (Å²) >= 11 is 7.79. The van der Waals surface area contributed by atoms with Crippen LogP contribution in [0.5, 0.6) is 0 Å². The van der Waals surface area contributed by atoms with Crippen molar-refractivity contribution in [3.63, 3.8) is 0 Å². The average molecular weight is 228 g/mol. The summed E-state index contributed by atoms with van der Waals surface area (Å²) in [7, 11) is 0. The van der Waals surface area contributed by atoms with E-state index in [2.05, 4.69) is 11.4 Å². The average Bonchev–Trinajstić information content (AvgIpc) is 2.68. The molecule has 0 aromatic carbocycles. The SMILES string of the molecule is Clc1ccc(C2(C3CCNC3)CC2)s1. The van der Waals surface area contributed by atoms with Crippen LogP contribution < -0.4 is 5.32 Å². The molecule has 1 aliphatic heterocycles. The van der Waals surface area contributed by atoms with Gasteiger partial charge in [0.05, 0.1) is 4.34 Å². The number of nitrogens with one attached hydrogen (secondary N) is 1. The number of hydrogen-bond acceptors (Lipinski definition) is 2. The van der Waals surface area contributed by atoms with Gasteiger partial charge in [0.15, 0.2) is 0 Å². The van der Waals surface area contributed by atoms with Crippen molar-refractivity contribution in [2.45, 2.75) is 24.7 Å². The van der Waals surface area contributed by atoms with Crippen LogP contribution in [0, 0.1) is 5.92 Å². The van der Waals surface area contributed by atoms with Crippen molar-refractivity contribution in [3.8, 4) is 0 Å². The molecule has 2 fully saturated rings. The van der Waals surface area contributed by atoms with Gasteiger partial charge in [0.25, 0.3) is 0 Å². The number of halogens is 1. The zero-order valence-electron chi connectivity index (χ0n) is 8.05. The van der Waals surface area contributed by atoms with Crippen LogP contribution in [0.15, 0.2) is 12.1 Å². The van der Waals surface area contributed by atoms with Gasteiger partial charge in [0, 0.05) is 10.3 Å². The fraction of sp³-hybridized carbons (Fsp3) is 0.636. The maximum absolute atomic E-state index is 6.00. The molecular formula is C11H14ClNS. The van der Waals surface area contributed by atoms with Gasteiger partial charge < -0.3 is 5.32 Å². The molecule has 1 aromatic heterocycles. The molecule has 1 atom stereocenters. The van der Waals surface area contributed by atoms with Gasteiger partial charge in [-0.2, -0.15) is 0 Å². The van der Waals surface area contributed by atoms with Crippen LogP contribution in [0.1, 0.15) is 24.1 Å². The standard InChI is InChI=1S/C11H14ClNS/c12-10-2-1-9(14-10)11(4-5-11)8-3-6-13-7-8/h1-2,8,13H,3-7H2. The lowest BCUT2D eigenvalue weighted by molar-refractivity contribution is 0.446. The Labute approximate surface area is 93.5 Å². The lowest BCUT2D eigenvalue weighted by atomic mass is 9.87. The first-order chi connectivity index (χ1) is 6.81. The third-order valence-corrected chi connectivity index (χ3v) is 5.15. The monoisotopic (exact) mass is 227 g/mol. The largest absolute Gasteiger partial charge is 0.316 e. The Balaban J connectivity index is 1.89. The molecule has 3 rings (SSSR count). The van der Waals surface area contributed by atoms with Crippen molar-refractivity contribution in [1.29, 1.82) is 0 Å². The van der Waals surface area contributed by atoms with Crippen molar-refractivity contribution in [2.75, 3.05) is 13.1 Å². The lowest BCUT2D eigenvalue weighted by Gasteiger charge is -2.20. The van der Waals surface area contributed by atoms with Crippen molar-refractivity contribution < 1.29 is 0 Å². The van der Waals surface area contributed by atoms with E-state index >= 15 is 0 Å². The molecule has 2 aliphatic rings. The Morgan fingerprint density at radius 2 is 2.29 bits per heavy atom. The lowest BCUT2D eigenvalue weighted by Crippen LogP contribution is -2.21. The van der Waals surface area contributed by atoms with Gasteiger partial charge in [0.1, 0.15) is 0 Å². The minimum Gasteiger partial charge on any atom is -0.316 e. The van der Waals surface area contributed by atoms with Crippen LogP contribution in [0.3, 0.4) is 0 Å². The second kappa shape index (κ2) is 3.22. The van der Waals surface area contributed by atoms with E-state index in [9.17, 15) is 0 Å². The van der Waals surface area contributed by atoms with E-state index < -0.39 is 0 Å². The molecule has 1 N–H and O–H groups in total. The van der Waals surface area contributed by atoms with Crippen LogP contribution in [0.4, 0.5) is 0 Å². The van der Waals surface area contributed by atoms with Gasteiger partial charge in [-0.1, -0.05) is 11.6 Å². The highest BCUT2D eigenvalue weighted by Gasteiger charge is 2.51. The van der Waals surface area contributed by atoms with Gasteiger partial charge in [-0.25, -0.2) is 0 Å². The Hall–Kier alpha value is -0.0500. The first kappa shape index (κ1) is 9.20. The highest BCUT2D eigenvalue weighted by molar-refractivity contribution is 7.16. The van der Waals surface area contributed by atoms with Crippen molar-refractivity contribution in [3.05, 3.63) is 21.3 Å². The fourth-order valence-electron chi connectivity index (χ4n) is 2.70. The molecule has 76 valence electrons. The van der Waals surface area contributed by atoms with E-state index in [1.165, 1.54) is 37.2 Å². The fourth-order valence-corrected chi connectivity index (χ4v) is 4.07. The van der Waals surface area contributed by atoms with Crippen LogP contribution >= 0.6 is 22.9 Å². The van der Waals surface area contributed by atoms with Crippen molar-refractivity contribution in [2.24, 2.45) is 5.92 Å². The van der Waals surface area contributed by atoms with Crippen LogP contribution in [-0.4, -0.2) is 13.1 Å². The zero-order chi connectivity index (χ0) is 9.60. The molecule has 1 unspecified atom stereocenters. The summed E-state index contributed by atoms with van der Waals surface area (Å²) in [6.07, 6.45) is 4.09. The van der Waals surface area contributed by atoms with E-state index in [1.54, 1.807) is 11.3 Å². The van der Waals surface area contributed by atoms with Crippen LogP contribution in [0.25, 0.3) is 0 Å². The summed E-state index contributed by atoms with van der Waals surface area (Å²) in [4.78, 5) is 1.52. The third kappa shape index (κ3) is 1.32. The topological polar surface area (TPSA) is 12.0 Å². The van der Waals surface area contributed by atoms with E-state index in [1.807, 2.05) is 6.07 Å². The highest BCUT2D eigenvalue weighted by atomic mass is 35.5. The summed E-state index contributed by atoms with van der Waals surface area (Å²) in [5.74, 6) is 0.859. The quantitative estimate of drug-likeness (QED) is 0.819. The minimum atomic E-state index is 0.515. The molecule has 14 heavy (non-hydrogen) atoms. The van der Waals surface area contributed by atoms with Gasteiger partial charge in [-0.05, 0) is 50.4 Å². The van der Waals surface area contributed by atoms with E-state index in [-0.39, 0.29) is 0 Å². The predicted molar refractivity (Wildman–Crippen MR) is 61.2 cm³/mol. The first-order valence-electron chi connectivity index (χ1n) is 5.28. The minimum absolute atomic E-state index is 0.515. The molecule has 0 amide bonds. The summed E-state index contributed by atoms with van der Waals surface area (Å²) < 4.78 is 0.942. The Morgan fingerprint density at radius 3 is 2.79 bits per heavy atom. The molecule has 1 nitrogen and oxygen atoms in total. The van der Waals surface area contributed by atoms with Crippen molar-refractivity contribution in [1.82, 2.24) is 5.32 Å². The molecule has 1 aliphatic carbocycles. The van der Waals surface area contributed by atoms with E-state index in [0.717, 1.165) is 10.3 Å². The summed E-state index contributed by atoms with van der Waals surface area (Å²) in [6, 6.07) is 4.28. The smallest absolute Gasteiger partial charge is 0.0931 e. The summed E-state index contributed by atoms with van der Waals surface area (Å²) in [6.45, 7) is 2.40. The van der Waals surface area contributed by atoms with Gasteiger partial charge in [0.2, 0.25) is 0 Å². The van der Waals surface area contributed by atoms with Crippen molar-refractivity contribution >= 4 is 22.9 Å². The summed E-state index contributed by atoms with van der Waals surface area (Å²) in [5, 5.41) is 3.47. The molecule has 0 bridgehead atoms. The van der Waals surface area contributed by atoms with E-state index in [4.69, 9.17) is 11.6 Å². The Morgan fingerprint density at radius 1 is 1.43 bits per heavy atom. The molecule has 1 saturated heterocycles. The molecular weight excluding hydrogens is 214 g/mol. The molecule has 0 radical (unpaired) electrons. The summed E-state index contributed by atoms with van der Waals surface area (Å²) in [5.41, 5.74) is 0.515. The number of hydrogen-bond donors (Lipinski definition) is 1. The third-order valence-electron chi connectivity index (χ3n) is 3.69. The second-order valence-electron chi connectivity index (χ2n) is 4.45. The van der Waals surface area contributed by atoms with Gasteiger partial charge in [-0.3, -0.25) is 0 Å². The van der Waals surface area contributed by atoms with E-state index in [0.29, 0.717) is 5.41 Å². The maximum atomic E-state index is 6.00. The maximum Gasteiger partial charge on any atom is 0.0931 e. The molecule has 3 heteroatoms. The number of thiophene rings is 1. The molecule has 0 spiro atoms. The normalized spacial score (nSPS) is 29.4. The Bertz CT molecular complexity index is 337. The molecule has 1 saturated carbocycles. The van der Waals surface area contributed by atoms with Crippen LogP contribution in [0.2, 0.25) is 4.34 Å². The predicted octanol–water partition coefficient (Wildman–Crippen LogP) is 3.04. The molecule has 1 aromatic rings. The zero-order valence-corrected chi connectivity index (χ0v) is 9.63. The first-order valence-corrected chi connectivity index (χ1v) is 6.47. The highest BCUT2D eigenvalue weighted by Crippen LogP contribution is 2.57.